The Balaban J connectivity index is 2.23. The lowest BCUT2D eigenvalue weighted by molar-refractivity contribution is 0.598. The summed E-state index contributed by atoms with van der Waals surface area (Å²) in [6, 6.07) is 6.22. The molecule has 0 amide bonds. The molecule has 3 heteroatoms. The predicted octanol–water partition coefficient (Wildman–Crippen LogP) is 2.06. The minimum absolute atomic E-state index is 0.904. The van der Waals surface area contributed by atoms with Gasteiger partial charge in [0, 0.05) is 18.9 Å². The molecular formula is C11H15N3. The van der Waals surface area contributed by atoms with E-state index in [9.17, 15) is 0 Å². The maximum absolute atomic E-state index is 4.41. The molecule has 2 heterocycles. The Bertz CT molecular complexity index is 398. The Morgan fingerprint density at radius 3 is 2.64 bits per heavy atom. The highest BCUT2D eigenvalue weighted by Crippen LogP contribution is 2.06. The van der Waals surface area contributed by atoms with Gasteiger partial charge in [0.25, 0.3) is 0 Å². The second-order valence-corrected chi connectivity index (χ2v) is 3.45. The fourth-order valence-corrected chi connectivity index (χ4v) is 1.66. The van der Waals surface area contributed by atoms with Crippen molar-refractivity contribution < 1.29 is 0 Å². The van der Waals surface area contributed by atoms with Crippen LogP contribution in [-0.2, 0) is 13.1 Å². The molecule has 0 aliphatic carbocycles. The number of hydrogen-bond acceptors (Lipinski definition) is 1. The highest BCUT2D eigenvalue weighted by molar-refractivity contribution is 5.10. The molecule has 2 aromatic heterocycles. The summed E-state index contributed by atoms with van der Waals surface area (Å²) in [5.74, 6) is 0. The van der Waals surface area contributed by atoms with Crippen LogP contribution in [0.4, 0.5) is 0 Å². The highest BCUT2D eigenvalue weighted by atomic mass is 15.3. The van der Waals surface area contributed by atoms with Crippen molar-refractivity contribution in [3.63, 3.8) is 0 Å². The third-order valence-corrected chi connectivity index (χ3v) is 2.30. The summed E-state index contributed by atoms with van der Waals surface area (Å²) in [5, 5.41) is 4.41. The molecule has 2 aromatic rings. The standard InChI is InChI=1S/C11H15N3/c1-3-14-11(8-10(2)12-14)9-13-6-4-5-7-13/h4-8H,3,9H2,1-2H3. The van der Waals surface area contributed by atoms with Crippen molar-refractivity contribution in [1.29, 1.82) is 0 Å². The largest absolute Gasteiger partial charge is 0.348 e. The van der Waals surface area contributed by atoms with Crippen molar-refractivity contribution in [2.24, 2.45) is 0 Å². The summed E-state index contributed by atoms with van der Waals surface area (Å²) in [7, 11) is 0. The number of rotatable bonds is 3. The lowest BCUT2D eigenvalue weighted by Gasteiger charge is -2.05. The van der Waals surface area contributed by atoms with Gasteiger partial charge in [-0.1, -0.05) is 0 Å². The van der Waals surface area contributed by atoms with E-state index in [2.05, 4.69) is 39.7 Å². The Morgan fingerprint density at radius 1 is 1.29 bits per heavy atom. The lowest BCUT2D eigenvalue weighted by atomic mass is 10.3. The van der Waals surface area contributed by atoms with Gasteiger partial charge in [0.05, 0.1) is 17.9 Å². The van der Waals surface area contributed by atoms with Crippen molar-refractivity contribution in [3.8, 4) is 0 Å². The zero-order chi connectivity index (χ0) is 9.97. The van der Waals surface area contributed by atoms with Crippen LogP contribution in [0.3, 0.4) is 0 Å². The van der Waals surface area contributed by atoms with Gasteiger partial charge in [-0.3, -0.25) is 4.68 Å². The smallest absolute Gasteiger partial charge is 0.0639 e. The van der Waals surface area contributed by atoms with Crippen LogP contribution in [0.5, 0.6) is 0 Å². The molecule has 0 N–H and O–H groups in total. The van der Waals surface area contributed by atoms with Crippen LogP contribution in [0.15, 0.2) is 30.6 Å². The van der Waals surface area contributed by atoms with Crippen molar-refractivity contribution in [1.82, 2.24) is 14.3 Å². The van der Waals surface area contributed by atoms with Crippen molar-refractivity contribution in [3.05, 3.63) is 42.0 Å². The first-order chi connectivity index (χ1) is 6.79. The second kappa shape index (κ2) is 3.70. The van der Waals surface area contributed by atoms with Gasteiger partial charge in [-0.25, -0.2) is 0 Å². The van der Waals surface area contributed by atoms with E-state index in [0.29, 0.717) is 0 Å². The molecule has 0 aliphatic heterocycles. The van der Waals surface area contributed by atoms with Gasteiger partial charge in [0.15, 0.2) is 0 Å². The maximum Gasteiger partial charge on any atom is 0.0639 e. The number of hydrogen-bond donors (Lipinski definition) is 0. The summed E-state index contributed by atoms with van der Waals surface area (Å²) >= 11 is 0. The van der Waals surface area contributed by atoms with E-state index in [1.165, 1.54) is 5.69 Å². The molecule has 0 saturated carbocycles. The molecule has 0 saturated heterocycles. The quantitative estimate of drug-likeness (QED) is 0.724. The molecule has 3 nitrogen and oxygen atoms in total. The first-order valence-electron chi connectivity index (χ1n) is 4.93. The minimum atomic E-state index is 0.904. The number of nitrogens with zero attached hydrogens (tertiary/aromatic N) is 3. The molecule has 0 fully saturated rings. The molecule has 0 bridgehead atoms. The first-order valence-corrected chi connectivity index (χ1v) is 4.93. The van der Waals surface area contributed by atoms with Gasteiger partial charge in [-0.15, -0.1) is 0 Å². The molecular weight excluding hydrogens is 174 g/mol. The first kappa shape index (κ1) is 9.06. The molecule has 0 radical (unpaired) electrons. The molecule has 0 aliphatic rings. The summed E-state index contributed by atoms with van der Waals surface area (Å²) in [6.45, 7) is 5.99. The monoisotopic (exact) mass is 189 g/mol. The van der Waals surface area contributed by atoms with Crippen LogP contribution in [0.2, 0.25) is 0 Å². The average molecular weight is 189 g/mol. The van der Waals surface area contributed by atoms with Crippen LogP contribution < -0.4 is 0 Å². The van der Waals surface area contributed by atoms with Crippen LogP contribution in [0.1, 0.15) is 18.3 Å². The Labute approximate surface area is 84.0 Å². The third-order valence-electron chi connectivity index (χ3n) is 2.30. The topological polar surface area (TPSA) is 22.8 Å². The van der Waals surface area contributed by atoms with Crippen LogP contribution in [0, 0.1) is 6.92 Å². The second-order valence-electron chi connectivity index (χ2n) is 3.45. The zero-order valence-electron chi connectivity index (χ0n) is 8.64. The molecule has 0 atom stereocenters. The normalized spacial score (nSPS) is 10.7. The van der Waals surface area contributed by atoms with Crippen molar-refractivity contribution >= 4 is 0 Å². The SMILES string of the molecule is CCn1nc(C)cc1Cn1cccc1. The Morgan fingerprint density at radius 2 is 2.00 bits per heavy atom. The van der Waals surface area contributed by atoms with E-state index in [1.807, 2.05) is 19.1 Å². The van der Waals surface area contributed by atoms with Gasteiger partial charge >= 0.3 is 0 Å². The van der Waals surface area contributed by atoms with Gasteiger partial charge in [-0.2, -0.15) is 5.10 Å². The summed E-state index contributed by atoms with van der Waals surface area (Å²) < 4.78 is 4.21. The summed E-state index contributed by atoms with van der Waals surface area (Å²) in [5.41, 5.74) is 2.36. The third kappa shape index (κ3) is 1.71. The van der Waals surface area contributed by atoms with Crippen LogP contribution in [-0.4, -0.2) is 14.3 Å². The van der Waals surface area contributed by atoms with E-state index in [0.717, 1.165) is 18.8 Å². The average Bonchev–Trinajstić information content (AvgIpc) is 2.76. The van der Waals surface area contributed by atoms with Crippen LogP contribution >= 0.6 is 0 Å². The maximum atomic E-state index is 4.41. The fraction of sp³-hybridized carbons (Fsp3) is 0.364. The molecule has 0 aromatic carbocycles. The Kier molecular flexibility index (Phi) is 2.39. The van der Waals surface area contributed by atoms with Crippen molar-refractivity contribution in [2.45, 2.75) is 26.9 Å². The van der Waals surface area contributed by atoms with E-state index in [1.54, 1.807) is 0 Å². The van der Waals surface area contributed by atoms with Gasteiger partial charge in [0.1, 0.15) is 0 Å². The van der Waals surface area contributed by atoms with Crippen molar-refractivity contribution in [2.75, 3.05) is 0 Å². The predicted molar refractivity (Wildman–Crippen MR) is 56.2 cm³/mol. The lowest BCUT2D eigenvalue weighted by Crippen LogP contribution is -2.06. The fourth-order valence-electron chi connectivity index (χ4n) is 1.66. The Hall–Kier alpha value is -1.51. The molecule has 2 rings (SSSR count). The van der Waals surface area contributed by atoms with Gasteiger partial charge in [0.2, 0.25) is 0 Å². The highest BCUT2D eigenvalue weighted by Gasteiger charge is 2.03. The minimum Gasteiger partial charge on any atom is -0.348 e. The summed E-state index contributed by atoms with van der Waals surface area (Å²) in [4.78, 5) is 0. The number of aromatic nitrogens is 3. The van der Waals surface area contributed by atoms with E-state index >= 15 is 0 Å². The van der Waals surface area contributed by atoms with Gasteiger partial charge < -0.3 is 4.57 Å². The number of aryl methyl sites for hydroxylation is 2. The summed E-state index contributed by atoms with van der Waals surface area (Å²) in [6.07, 6.45) is 4.14. The molecule has 14 heavy (non-hydrogen) atoms. The molecule has 0 unspecified atom stereocenters. The molecule has 74 valence electrons. The van der Waals surface area contributed by atoms with E-state index < -0.39 is 0 Å². The molecule has 0 spiro atoms. The van der Waals surface area contributed by atoms with E-state index in [-0.39, 0.29) is 0 Å². The van der Waals surface area contributed by atoms with Crippen LogP contribution in [0.25, 0.3) is 0 Å². The zero-order valence-corrected chi connectivity index (χ0v) is 8.64. The van der Waals surface area contributed by atoms with Gasteiger partial charge in [-0.05, 0) is 32.0 Å². The van der Waals surface area contributed by atoms with E-state index in [4.69, 9.17) is 0 Å².